The molecule has 1 aliphatic carbocycles. The summed E-state index contributed by atoms with van der Waals surface area (Å²) in [6.07, 6.45) is 2.47. The highest BCUT2D eigenvalue weighted by Gasteiger charge is 2.30. The number of benzene rings is 2. The number of allylic oxidation sites excluding steroid dienone is 2. The molecule has 0 saturated carbocycles. The molecule has 0 unspecified atom stereocenters. The van der Waals surface area contributed by atoms with Gasteiger partial charge in [-0.3, -0.25) is 9.35 Å². The number of Topliss-reactive ketones (excluding diaryl/α,β-unsaturated/α-hetero) is 1. The molecule has 0 saturated heterocycles. The second-order valence-electron chi connectivity index (χ2n) is 8.09. The van der Waals surface area contributed by atoms with Crippen LogP contribution in [0.3, 0.4) is 0 Å². The van der Waals surface area contributed by atoms with Crippen molar-refractivity contribution < 1.29 is 27.4 Å². The van der Waals surface area contributed by atoms with Crippen LogP contribution in [0.25, 0.3) is 21.9 Å². The average Bonchev–Trinajstić information content (AvgIpc) is 3.12. The lowest BCUT2D eigenvalue weighted by Crippen LogP contribution is -2.36. The van der Waals surface area contributed by atoms with Gasteiger partial charge in [0.2, 0.25) is 5.52 Å². The van der Waals surface area contributed by atoms with Crippen LogP contribution in [-0.2, 0) is 21.5 Å². The normalized spacial score (nSPS) is 15.4. The molecule has 7 nitrogen and oxygen atoms in total. The number of hydrogen-bond acceptors (Lipinski definition) is 6. The summed E-state index contributed by atoms with van der Waals surface area (Å²) in [7, 11) is -0.155. The fourth-order valence-corrected chi connectivity index (χ4v) is 5.50. The zero-order valence-electron chi connectivity index (χ0n) is 18.3. The molecule has 0 atom stereocenters. The Labute approximate surface area is 196 Å². The number of rotatable bonds is 8. The number of carbonyl (C=O) groups is 1. The number of ketones is 1. The Kier molecular flexibility index (Phi) is 6.38. The topological polar surface area (TPSA) is 102 Å². The molecular weight excluding hydrogens is 460 g/mol. The van der Waals surface area contributed by atoms with E-state index in [4.69, 9.17) is 4.55 Å². The third-order valence-electron chi connectivity index (χ3n) is 5.55. The number of unbranched alkanes of at least 4 members (excludes halogenated alkanes) is 1. The van der Waals surface area contributed by atoms with Crippen molar-refractivity contribution >= 4 is 54.8 Å². The minimum absolute atomic E-state index is 0.153. The molecule has 0 fully saturated rings. The molecule has 3 aromatic rings. The van der Waals surface area contributed by atoms with E-state index in [9.17, 15) is 18.3 Å². The third kappa shape index (κ3) is 4.85. The van der Waals surface area contributed by atoms with Gasteiger partial charge in [-0.15, -0.1) is 0 Å². The summed E-state index contributed by atoms with van der Waals surface area (Å²) in [4.78, 5) is 14.8. The monoisotopic (exact) mass is 484 g/mol. The lowest BCUT2D eigenvalue weighted by atomic mass is 9.83. The van der Waals surface area contributed by atoms with Crippen molar-refractivity contribution in [1.29, 1.82) is 0 Å². The highest BCUT2D eigenvalue weighted by atomic mass is 32.2. The molecule has 1 N–H and O–H groups in total. The number of aryl methyl sites for hydroxylation is 1. The van der Waals surface area contributed by atoms with Crippen molar-refractivity contribution in [3.8, 4) is 0 Å². The largest absolute Gasteiger partial charge is 0.871 e. The van der Waals surface area contributed by atoms with Crippen LogP contribution in [-0.4, -0.2) is 38.6 Å². The van der Waals surface area contributed by atoms with Crippen LogP contribution in [0, 0.1) is 0 Å². The molecule has 0 aliphatic heterocycles. The van der Waals surface area contributed by atoms with Crippen LogP contribution < -0.4 is 14.6 Å². The van der Waals surface area contributed by atoms with E-state index in [1.165, 1.54) is 11.3 Å². The maximum Gasteiger partial charge on any atom is 0.264 e. The number of aromatic nitrogens is 1. The van der Waals surface area contributed by atoms with Gasteiger partial charge in [-0.25, -0.2) is 0 Å². The van der Waals surface area contributed by atoms with Crippen LogP contribution in [0.1, 0.15) is 23.4 Å². The fraction of sp³-hybridized carbons (Fsp3) is 0.250. The predicted molar refractivity (Wildman–Crippen MR) is 128 cm³/mol. The van der Waals surface area contributed by atoms with E-state index in [2.05, 4.69) is 0 Å². The summed E-state index contributed by atoms with van der Waals surface area (Å²) < 4.78 is 33.9. The quantitative estimate of drug-likeness (QED) is 0.228. The van der Waals surface area contributed by atoms with Crippen molar-refractivity contribution in [2.75, 3.05) is 24.7 Å². The summed E-state index contributed by atoms with van der Waals surface area (Å²) in [6, 6.07) is 15.0. The van der Waals surface area contributed by atoms with Gasteiger partial charge in [0.15, 0.2) is 12.3 Å². The number of carbonyl (C=O) groups excluding carboxylic acids is 1. The Morgan fingerprint density at radius 3 is 2.42 bits per heavy atom. The van der Waals surface area contributed by atoms with Gasteiger partial charge in [-0.2, -0.15) is 13.0 Å². The summed E-state index contributed by atoms with van der Waals surface area (Å²) in [5, 5.41) is 13.6. The van der Waals surface area contributed by atoms with Gasteiger partial charge < -0.3 is 10.0 Å². The van der Waals surface area contributed by atoms with Gasteiger partial charge in [-0.05, 0) is 30.2 Å². The molecule has 0 radical (unpaired) electrons. The van der Waals surface area contributed by atoms with E-state index in [-0.39, 0.29) is 28.4 Å². The van der Waals surface area contributed by atoms with Crippen LogP contribution in [0.5, 0.6) is 0 Å². The SMILES string of the molecule is CN(C)c1ccc(C2=C([O-])/C(=C/c3sc4ccccc4[n+]3CCCCS(=O)(=O)O)C2=O)cc1. The molecule has 172 valence electrons. The lowest BCUT2D eigenvalue weighted by molar-refractivity contribution is -0.669. The maximum atomic E-state index is 12.9. The molecule has 1 aliphatic rings. The number of nitrogens with zero attached hydrogens (tertiary/aromatic N) is 2. The van der Waals surface area contributed by atoms with E-state index in [0.29, 0.717) is 24.9 Å². The smallest absolute Gasteiger partial charge is 0.264 e. The average molecular weight is 485 g/mol. The molecule has 0 spiro atoms. The van der Waals surface area contributed by atoms with E-state index in [1.807, 2.05) is 60.0 Å². The number of thiazole rings is 1. The van der Waals surface area contributed by atoms with Crippen LogP contribution in [0.2, 0.25) is 0 Å². The molecule has 9 heteroatoms. The Bertz CT molecular complexity index is 1380. The Hall–Kier alpha value is -3.01. The van der Waals surface area contributed by atoms with Gasteiger partial charge in [-0.1, -0.05) is 41.4 Å². The first kappa shape index (κ1) is 23.2. The Morgan fingerprint density at radius 2 is 1.79 bits per heavy atom. The van der Waals surface area contributed by atoms with Gasteiger partial charge in [0.05, 0.1) is 5.75 Å². The standard InChI is InChI=1S/C24H24N2O5S2/c1-25(2)17-11-9-16(10-12-17)22-23(27)18(24(22)28)15-21-26(13-5-6-14-33(29,30)31)19-7-3-4-8-20(19)32-21/h3-4,7-12,15H,5-6,13-14H2,1-2H3,(H-,27,28,29,30,31). The van der Waals surface area contributed by atoms with Crippen molar-refractivity contribution in [2.45, 2.75) is 19.4 Å². The molecule has 4 rings (SSSR count). The third-order valence-corrected chi connectivity index (χ3v) is 7.47. The van der Waals surface area contributed by atoms with Gasteiger partial charge in [0.1, 0.15) is 4.70 Å². The molecule has 2 aromatic carbocycles. The summed E-state index contributed by atoms with van der Waals surface area (Å²) >= 11 is 1.47. The van der Waals surface area contributed by atoms with Crippen molar-refractivity contribution in [3.05, 3.63) is 70.4 Å². The first-order chi connectivity index (χ1) is 15.7. The first-order valence-corrected chi connectivity index (χ1v) is 12.9. The number of para-hydroxylation sites is 1. The fourth-order valence-electron chi connectivity index (χ4n) is 3.80. The number of hydrogen-bond donors (Lipinski definition) is 1. The van der Waals surface area contributed by atoms with E-state index in [1.54, 1.807) is 18.2 Å². The van der Waals surface area contributed by atoms with Crippen molar-refractivity contribution in [2.24, 2.45) is 0 Å². The highest BCUT2D eigenvalue weighted by molar-refractivity contribution is 7.85. The lowest BCUT2D eigenvalue weighted by Gasteiger charge is -2.30. The zero-order chi connectivity index (χ0) is 23.8. The summed E-state index contributed by atoms with van der Waals surface area (Å²) in [5.41, 5.74) is 2.90. The second-order valence-corrected chi connectivity index (χ2v) is 10.7. The van der Waals surface area contributed by atoms with Crippen LogP contribution >= 0.6 is 11.3 Å². The Morgan fingerprint density at radius 1 is 1.09 bits per heavy atom. The minimum Gasteiger partial charge on any atom is -0.871 e. The number of anilines is 1. The van der Waals surface area contributed by atoms with E-state index >= 15 is 0 Å². The molecule has 1 heterocycles. The molecule has 1 aromatic heterocycles. The molecule has 0 amide bonds. The van der Waals surface area contributed by atoms with E-state index in [0.717, 1.165) is 20.9 Å². The number of fused-ring (bicyclic) bond motifs is 1. The highest BCUT2D eigenvalue weighted by Crippen LogP contribution is 2.36. The Balaban J connectivity index is 1.64. The van der Waals surface area contributed by atoms with Crippen LogP contribution in [0.15, 0.2) is 59.9 Å². The van der Waals surface area contributed by atoms with Gasteiger partial charge in [0, 0.05) is 49.5 Å². The van der Waals surface area contributed by atoms with E-state index < -0.39 is 10.1 Å². The maximum absolute atomic E-state index is 12.9. The minimum atomic E-state index is -4.00. The van der Waals surface area contributed by atoms with Crippen LogP contribution in [0.4, 0.5) is 5.69 Å². The molecular formula is C24H24N2O5S2. The molecule has 0 bridgehead atoms. The van der Waals surface area contributed by atoms with Gasteiger partial charge >= 0.3 is 0 Å². The van der Waals surface area contributed by atoms with Crippen molar-refractivity contribution in [1.82, 2.24) is 0 Å². The zero-order valence-corrected chi connectivity index (χ0v) is 19.9. The summed E-state index contributed by atoms with van der Waals surface area (Å²) in [5.74, 6) is -0.838. The predicted octanol–water partition coefficient (Wildman–Crippen LogP) is 2.66. The molecule has 33 heavy (non-hydrogen) atoms. The van der Waals surface area contributed by atoms with Gasteiger partial charge in [0.25, 0.3) is 15.1 Å². The second kappa shape index (κ2) is 9.09. The summed E-state index contributed by atoms with van der Waals surface area (Å²) in [6.45, 7) is 0.504. The first-order valence-electron chi connectivity index (χ1n) is 10.5. The van der Waals surface area contributed by atoms with Crippen molar-refractivity contribution in [3.63, 3.8) is 0 Å².